The predicted octanol–water partition coefficient (Wildman–Crippen LogP) is 1.40. The molecule has 1 aliphatic heterocycles. The van der Waals surface area contributed by atoms with Crippen LogP contribution in [-0.2, 0) is 4.79 Å². The Kier molecular flexibility index (Phi) is 4.36. The van der Waals surface area contributed by atoms with Gasteiger partial charge in [0.25, 0.3) is 5.91 Å². The predicted molar refractivity (Wildman–Crippen MR) is 85.1 cm³/mol. The van der Waals surface area contributed by atoms with Crippen LogP contribution >= 0.6 is 0 Å². The van der Waals surface area contributed by atoms with Crippen LogP contribution < -0.4 is 10.2 Å². The second-order valence-corrected chi connectivity index (χ2v) is 5.63. The van der Waals surface area contributed by atoms with E-state index in [2.05, 4.69) is 15.4 Å². The molecule has 2 amide bonds. The maximum atomic E-state index is 12.3. The van der Waals surface area contributed by atoms with Gasteiger partial charge < -0.3 is 10.2 Å². The van der Waals surface area contributed by atoms with E-state index in [9.17, 15) is 9.59 Å². The minimum absolute atomic E-state index is 0.0183. The molecule has 7 heteroatoms. The third-order valence-corrected chi connectivity index (χ3v) is 3.94. The third-order valence-electron chi connectivity index (χ3n) is 3.94. The van der Waals surface area contributed by atoms with E-state index in [1.807, 2.05) is 13.0 Å². The first-order chi connectivity index (χ1) is 11.1. The number of aromatic nitrogens is 3. The number of carbonyl (C=O) groups is 2. The summed E-state index contributed by atoms with van der Waals surface area (Å²) in [6.45, 7) is 3.12. The van der Waals surface area contributed by atoms with Crippen molar-refractivity contribution in [2.75, 3.05) is 18.0 Å². The Morgan fingerprint density at radius 2 is 2.30 bits per heavy atom. The van der Waals surface area contributed by atoms with Crippen molar-refractivity contribution in [3.63, 3.8) is 0 Å². The summed E-state index contributed by atoms with van der Waals surface area (Å²) in [5, 5.41) is 6.94. The summed E-state index contributed by atoms with van der Waals surface area (Å²) in [6, 6.07) is 7.19. The molecule has 1 saturated heterocycles. The molecule has 0 aliphatic carbocycles. The molecule has 0 saturated carbocycles. The summed E-state index contributed by atoms with van der Waals surface area (Å²) >= 11 is 0. The average molecular weight is 313 g/mol. The van der Waals surface area contributed by atoms with Gasteiger partial charge in [-0.15, -0.1) is 0 Å². The maximum Gasteiger partial charge on any atom is 0.251 e. The molecule has 0 bridgehead atoms. The Balaban J connectivity index is 1.64. The molecule has 2 aromatic rings. The van der Waals surface area contributed by atoms with E-state index in [1.165, 1.54) is 6.33 Å². The van der Waals surface area contributed by atoms with E-state index in [-0.39, 0.29) is 17.9 Å². The van der Waals surface area contributed by atoms with Crippen molar-refractivity contribution < 1.29 is 9.59 Å². The lowest BCUT2D eigenvalue weighted by atomic mass is 10.1. The minimum atomic E-state index is -0.162. The summed E-state index contributed by atoms with van der Waals surface area (Å²) in [7, 11) is 0. The van der Waals surface area contributed by atoms with Gasteiger partial charge in [0.15, 0.2) is 0 Å². The fourth-order valence-corrected chi connectivity index (χ4v) is 2.62. The van der Waals surface area contributed by atoms with Gasteiger partial charge in [0.2, 0.25) is 5.91 Å². The molecule has 1 fully saturated rings. The smallest absolute Gasteiger partial charge is 0.251 e. The number of carbonyl (C=O) groups excluding carboxylic acids is 2. The van der Waals surface area contributed by atoms with E-state index < -0.39 is 0 Å². The number of rotatable bonds is 5. The van der Waals surface area contributed by atoms with Gasteiger partial charge in [0.05, 0.1) is 6.04 Å². The first kappa shape index (κ1) is 15.2. The lowest BCUT2D eigenvalue weighted by Gasteiger charge is -2.17. The Morgan fingerprint density at radius 1 is 1.43 bits per heavy atom. The van der Waals surface area contributed by atoms with Crippen LogP contribution in [0.3, 0.4) is 0 Å². The molecule has 1 aliphatic rings. The lowest BCUT2D eigenvalue weighted by molar-refractivity contribution is -0.117. The van der Waals surface area contributed by atoms with Crippen molar-refractivity contribution in [2.24, 2.45) is 0 Å². The number of nitrogens with one attached hydrogen (secondary N) is 1. The van der Waals surface area contributed by atoms with E-state index in [1.54, 1.807) is 34.1 Å². The largest absolute Gasteiger partial charge is 0.350 e. The van der Waals surface area contributed by atoms with Crippen LogP contribution in [0.15, 0.2) is 36.9 Å². The lowest BCUT2D eigenvalue weighted by Crippen LogP contribution is -2.30. The number of hydrogen-bond acceptors (Lipinski definition) is 4. The molecular formula is C16H19N5O2. The van der Waals surface area contributed by atoms with Gasteiger partial charge in [-0.1, -0.05) is 6.07 Å². The number of anilines is 1. The number of hydrogen-bond donors (Lipinski definition) is 1. The molecule has 3 rings (SSSR count). The van der Waals surface area contributed by atoms with Crippen LogP contribution in [0.25, 0.3) is 0 Å². The molecule has 120 valence electrons. The first-order valence-corrected chi connectivity index (χ1v) is 7.68. The second-order valence-electron chi connectivity index (χ2n) is 5.63. The summed E-state index contributed by atoms with van der Waals surface area (Å²) < 4.78 is 1.69. The van der Waals surface area contributed by atoms with Crippen molar-refractivity contribution in [1.29, 1.82) is 0 Å². The van der Waals surface area contributed by atoms with Gasteiger partial charge in [-0.3, -0.25) is 9.59 Å². The fourth-order valence-electron chi connectivity index (χ4n) is 2.62. The summed E-state index contributed by atoms with van der Waals surface area (Å²) in [6.07, 6.45) is 4.53. The normalized spacial score (nSPS) is 15.7. The number of benzene rings is 1. The Hall–Kier alpha value is -2.70. The molecule has 23 heavy (non-hydrogen) atoms. The highest BCUT2D eigenvalue weighted by Crippen LogP contribution is 2.22. The standard InChI is InChI=1S/C16H19N5O2/c1-12(21-11-17-10-19-21)9-18-16(23)13-4-2-5-14(8-13)20-7-3-6-15(20)22/h2,4-5,8,10-12H,3,6-7,9H2,1H3,(H,18,23). The van der Waals surface area contributed by atoms with Crippen molar-refractivity contribution >= 4 is 17.5 Å². The maximum absolute atomic E-state index is 12.3. The number of nitrogens with zero attached hydrogens (tertiary/aromatic N) is 4. The average Bonchev–Trinajstić information content (AvgIpc) is 3.24. The van der Waals surface area contributed by atoms with E-state index in [0.717, 1.165) is 12.1 Å². The summed E-state index contributed by atoms with van der Waals surface area (Å²) in [5.74, 6) is -0.0483. The highest BCUT2D eigenvalue weighted by Gasteiger charge is 2.22. The van der Waals surface area contributed by atoms with Crippen LogP contribution in [0.4, 0.5) is 5.69 Å². The zero-order chi connectivity index (χ0) is 16.2. The van der Waals surface area contributed by atoms with Gasteiger partial charge in [0, 0.05) is 30.8 Å². The van der Waals surface area contributed by atoms with Crippen LogP contribution in [-0.4, -0.2) is 39.7 Å². The SMILES string of the molecule is CC(CNC(=O)c1cccc(N2CCCC2=O)c1)n1cncn1. The Bertz CT molecular complexity index is 698. The first-order valence-electron chi connectivity index (χ1n) is 7.68. The van der Waals surface area contributed by atoms with Crippen LogP contribution in [0.1, 0.15) is 36.2 Å². The zero-order valence-electron chi connectivity index (χ0n) is 13.0. The summed E-state index contributed by atoms with van der Waals surface area (Å²) in [4.78, 5) is 29.7. The molecule has 1 aromatic carbocycles. The molecule has 1 N–H and O–H groups in total. The Labute approximate surface area is 134 Å². The van der Waals surface area contributed by atoms with Gasteiger partial charge in [-0.25, -0.2) is 9.67 Å². The molecule has 7 nitrogen and oxygen atoms in total. The van der Waals surface area contributed by atoms with E-state index >= 15 is 0 Å². The minimum Gasteiger partial charge on any atom is -0.350 e. The quantitative estimate of drug-likeness (QED) is 0.904. The highest BCUT2D eigenvalue weighted by atomic mass is 16.2. The van der Waals surface area contributed by atoms with Gasteiger partial charge in [-0.2, -0.15) is 5.10 Å². The van der Waals surface area contributed by atoms with Gasteiger partial charge in [-0.05, 0) is 31.5 Å². The van der Waals surface area contributed by atoms with Crippen molar-refractivity contribution in [1.82, 2.24) is 20.1 Å². The van der Waals surface area contributed by atoms with Gasteiger partial charge in [0.1, 0.15) is 12.7 Å². The molecule has 2 heterocycles. The Morgan fingerprint density at radius 3 is 3.00 bits per heavy atom. The molecule has 1 atom stereocenters. The second kappa shape index (κ2) is 6.60. The summed E-state index contributed by atoms with van der Waals surface area (Å²) in [5.41, 5.74) is 1.33. The molecule has 0 spiro atoms. The van der Waals surface area contributed by atoms with Crippen molar-refractivity contribution in [2.45, 2.75) is 25.8 Å². The third kappa shape index (κ3) is 3.39. The number of amides is 2. The van der Waals surface area contributed by atoms with Crippen LogP contribution in [0, 0.1) is 0 Å². The van der Waals surface area contributed by atoms with Crippen LogP contribution in [0.5, 0.6) is 0 Å². The van der Waals surface area contributed by atoms with E-state index in [0.29, 0.717) is 25.1 Å². The van der Waals surface area contributed by atoms with E-state index in [4.69, 9.17) is 0 Å². The molecule has 1 unspecified atom stereocenters. The topological polar surface area (TPSA) is 80.1 Å². The molecule has 1 aromatic heterocycles. The monoisotopic (exact) mass is 313 g/mol. The highest BCUT2D eigenvalue weighted by molar-refractivity contribution is 5.99. The van der Waals surface area contributed by atoms with Crippen molar-refractivity contribution in [3.8, 4) is 0 Å². The molecule has 0 radical (unpaired) electrons. The van der Waals surface area contributed by atoms with Crippen LogP contribution in [0.2, 0.25) is 0 Å². The fraction of sp³-hybridized carbons (Fsp3) is 0.375. The zero-order valence-corrected chi connectivity index (χ0v) is 13.0. The van der Waals surface area contributed by atoms with Gasteiger partial charge >= 0.3 is 0 Å². The van der Waals surface area contributed by atoms with Crippen molar-refractivity contribution in [3.05, 3.63) is 42.5 Å². The molecular weight excluding hydrogens is 294 g/mol.